The minimum atomic E-state index is -4.16. The van der Waals surface area contributed by atoms with Crippen molar-refractivity contribution < 1.29 is 13.2 Å². The average Bonchev–Trinajstić information content (AvgIpc) is 2.39. The number of likely N-dealkylation sites (tertiary alicyclic amines) is 1. The summed E-state index contributed by atoms with van der Waals surface area (Å²) < 4.78 is 38.1. The smallest absolute Gasteiger partial charge is 0.369 e. The Labute approximate surface area is 109 Å². The lowest BCUT2D eigenvalue weighted by atomic mass is 9.98. The van der Waals surface area contributed by atoms with E-state index < -0.39 is 12.1 Å². The molecule has 104 valence electrons. The molecule has 6 heteroatoms. The Bertz CT molecular complexity index is 442. The second-order valence-corrected chi connectivity index (χ2v) is 4.63. The topological polar surface area (TPSA) is 41.6 Å². The van der Waals surface area contributed by atoms with Crippen LogP contribution in [0, 0.1) is 5.92 Å². The summed E-state index contributed by atoms with van der Waals surface area (Å²) in [5.74, 6) is -1.16. The molecule has 0 amide bonds. The molecule has 1 aromatic carbocycles. The van der Waals surface area contributed by atoms with Gasteiger partial charge in [0.1, 0.15) is 0 Å². The predicted octanol–water partition coefficient (Wildman–Crippen LogP) is 2.91. The van der Waals surface area contributed by atoms with Crippen molar-refractivity contribution in [2.24, 2.45) is 16.6 Å². The van der Waals surface area contributed by atoms with Gasteiger partial charge < -0.3 is 10.6 Å². The van der Waals surface area contributed by atoms with Crippen molar-refractivity contribution >= 4 is 11.6 Å². The molecule has 1 unspecified atom stereocenters. The van der Waals surface area contributed by atoms with Crippen molar-refractivity contribution in [3.05, 3.63) is 30.3 Å². The number of alkyl halides is 3. The van der Waals surface area contributed by atoms with E-state index in [1.54, 1.807) is 24.3 Å². The molecule has 1 aliphatic heterocycles. The quantitative estimate of drug-likeness (QED) is 0.630. The van der Waals surface area contributed by atoms with Crippen LogP contribution in [0.25, 0.3) is 0 Å². The van der Waals surface area contributed by atoms with Crippen molar-refractivity contribution in [2.45, 2.75) is 19.0 Å². The highest BCUT2D eigenvalue weighted by Gasteiger charge is 2.42. The molecule has 0 aliphatic carbocycles. The molecule has 1 fully saturated rings. The zero-order valence-corrected chi connectivity index (χ0v) is 10.4. The number of nitrogens with zero attached hydrogens (tertiary/aromatic N) is 2. The number of benzene rings is 1. The molecule has 1 heterocycles. The summed E-state index contributed by atoms with van der Waals surface area (Å²) in [6, 6.07) is 8.98. The highest BCUT2D eigenvalue weighted by atomic mass is 19.4. The summed E-state index contributed by atoms with van der Waals surface area (Å²) >= 11 is 0. The molecule has 0 bridgehead atoms. The fraction of sp³-hybridized carbons (Fsp3) is 0.462. The number of halogens is 3. The second-order valence-electron chi connectivity index (χ2n) is 4.63. The molecule has 19 heavy (non-hydrogen) atoms. The summed E-state index contributed by atoms with van der Waals surface area (Å²) in [6.07, 6.45) is -3.51. The predicted molar refractivity (Wildman–Crippen MR) is 68.1 cm³/mol. The number of piperidine rings is 1. The van der Waals surface area contributed by atoms with Crippen LogP contribution in [0.2, 0.25) is 0 Å². The molecule has 3 nitrogen and oxygen atoms in total. The Kier molecular flexibility index (Phi) is 3.97. The average molecular weight is 271 g/mol. The second kappa shape index (κ2) is 5.50. The first-order valence-electron chi connectivity index (χ1n) is 6.17. The number of hydrogen-bond acceptors (Lipinski definition) is 1. The van der Waals surface area contributed by atoms with E-state index in [2.05, 4.69) is 4.99 Å². The van der Waals surface area contributed by atoms with Gasteiger partial charge in [0.2, 0.25) is 0 Å². The lowest BCUT2D eigenvalue weighted by Crippen LogP contribution is -2.47. The number of nitrogens with two attached hydrogens (primary N) is 1. The molecule has 1 aromatic rings. The minimum Gasteiger partial charge on any atom is -0.369 e. The zero-order chi connectivity index (χ0) is 13.9. The molecule has 0 saturated carbocycles. The van der Waals surface area contributed by atoms with Crippen LogP contribution in [-0.2, 0) is 0 Å². The fourth-order valence-electron chi connectivity index (χ4n) is 2.16. The molecule has 0 radical (unpaired) electrons. The van der Waals surface area contributed by atoms with Gasteiger partial charge in [-0.25, -0.2) is 4.99 Å². The van der Waals surface area contributed by atoms with Crippen LogP contribution in [0.3, 0.4) is 0 Å². The van der Waals surface area contributed by atoms with Gasteiger partial charge in [0, 0.05) is 13.1 Å². The summed E-state index contributed by atoms with van der Waals surface area (Å²) in [6.45, 7) is 0.417. The van der Waals surface area contributed by atoms with Crippen LogP contribution in [-0.4, -0.2) is 30.1 Å². The van der Waals surface area contributed by atoms with Crippen LogP contribution >= 0.6 is 0 Å². The molecular weight excluding hydrogens is 255 g/mol. The van der Waals surface area contributed by atoms with Crippen molar-refractivity contribution in [3.63, 3.8) is 0 Å². The third-order valence-electron chi connectivity index (χ3n) is 3.21. The van der Waals surface area contributed by atoms with Gasteiger partial charge in [0.25, 0.3) is 0 Å². The highest BCUT2D eigenvalue weighted by Crippen LogP contribution is 2.33. The zero-order valence-electron chi connectivity index (χ0n) is 10.4. The Morgan fingerprint density at radius 1 is 1.26 bits per heavy atom. The van der Waals surface area contributed by atoms with E-state index in [-0.39, 0.29) is 18.9 Å². The standard InChI is InChI=1S/C13H16F3N3/c14-13(15,16)10-5-4-8-19(9-10)12(17)18-11-6-2-1-3-7-11/h1-3,6-7,10H,4-5,8-9H2,(H2,17,18). The van der Waals surface area contributed by atoms with E-state index in [0.717, 1.165) is 0 Å². The van der Waals surface area contributed by atoms with Crippen LogP contribution in [0.15, 0.2) is 35.3 Å². The SMILES string of the molecule is NC(=Nc1ccccc1)N1CCCC(C(F)(F)F)C1. The highest BCUT2D eigenvalue weighted by molar-refractivity contribution is 5.81. The first-order valence-corrected chi connectivity index (χ1v) is 6.17. The number of guanidine groups is 1. The van der Waals surface area contributed by atoms with Crippen LogP contribution in [0.1, 0.15) is 12.8 Å². The van der Waals surface area contributed by atoms with Crippen LogP contribution in [0.4, 0.5) is 18.9 Å². The number of rotatable bonds is 1. The third kappa shape index (κ3) is 3.62. The molecule has 1 saturated heterocycles. The maximum absolute atomic E-state index is 12.7. The van der Waals surface area contributed by atoms with Gasteiger partial charge in [-0.1, -0.05) is 18.2 Å². The summed E-state index contributed by atoms with van der Waals surface area (Å²) in [5.41, 5.74) is 6.44. The number of aliphatic imine (C=N–C) groups is 1. The minimum absolute atomic E-state index is 0.105. The van der Waals surface area contributed by atoms with Crippen molar-refractivity contribution in [1.29, 1.82) is 0 Å². The molecule has 2 rings (SSSR count). The van der Waals surface area contributed by atoms with Gasteiger partial charge in [0.15, 0.2) is 5.96 Å². The van der Waals surface area contributed by atoms with E-state index in [9.17, 15) is 13.2 Å². The lowest BCUT2D eigenvalue weighted by Gasteiger charge is -2.34. The van der Waals surface area contributed by atoms with E-state index in [1.165, 1.54) is 4.90 Å². The van der Waals surface area contributed by atoms with E-state index in [1.807, 2.05) is 6.07 Å². The molecule has 1 atom stereocenters. The Balaban J connectivity index is 2.07. The number of para-hydroxylation sites is 1. The Morgan fingerprint density at radius 3 is 2.58 bits per heavy atom. The maximum Gasteiger partial charge on any atom is 0.393 e. The maximum atomic E-state index is 12.7. The third-order valence-corrected chi connectivity index (χ3v) is 3.21. The van der Waals surface area contributed by atoms with Crippen molar-refractivity contribution in [2.75, 3.05) is 13.1 Å². The van der Waals surface area contributed by atoms with Gasteiger partial charge in [-0.15, -0.1) is 0 Å². The Morgan fingerprint density at radius 2 is 1.95 bits per heavy atom. The van der Waals surface area contributed by atoms with Crippen molar-refractivity contribution in [3.8, 4) is 0 Å². The molecule has 1 aliphatic rings. The molecular formula is C13H16F3N3. The molecule has 0 aromatic heterocycles. The van der Waals surface area contributed by atoms with Gasteiger partial charge in [0.05, 0.1) is 11.6 Å². The van der Waals surface area contributed by atoms with Gasteiger partial charge in [-0.05, 0) is 25.0 Å². The van der Waals surface area contributed by atoms with Crippen LogP contribution in [0.5, 0.6) is 0 Å². The largest absolute Gasteiger partial charge is 0.393 e. The lowest BCUT2D eigenvalue weighted by molar-refractivity contribution is -0.183. The number of hydrogen-bond donors (Lipinski definition) is 1. The van der Waals surface area contributed by atoms with Crippen molar-refractivity contribution in [1.82, 2.24) is 4.90 Å². The first kappa shape index (κ1) is 13.7. The van der Waals surface area contributed by atoms with Gasteiger partial charge in [-0.3, -0.25) is 0 Å². The Hall–Kier alpha value is -1.72. The summed E-state index contributed by atoms with van der Waals surface area (Å²) in [4.78, 5) is 5.66. The first-order chi connectivity index (χ1) is 8.97. The van der Waals surface area contributed by atoms with Gasteiger partial charge in [-0.2, -0.15) is 13.2 Å². The fourth-order valence-corrected chi connectivity index (χ4v) is 2.16. The normalized spacial score (nSPS) is 21.5. The molecule has 0 spiro atoms. The summed E-state index contributed by atoms with van der Waals surface area (Å²) in [5, 5.41) is 0. The summed E-state index contributed by atoms with van der Waals surface area (Å²) in [7, 11) is 0. The molecule has 2 N–H and O–H groups in total. The van der Waals surface area contributed by atoms with E-state index >= 15 is 0 Å². The van der Waals surface area contributed by atoms with Gasteiger partial charge >= 0.3 is 6.18 Å². The van der Waals surface area contributed by atoms with E-state index in [4.69, 9.17) is 5.73 Å². The van der Waals surface area contributed by atoms with Crippen LogP contribution < -0.4 is 5.73 Å². The van der Waals surface area contributed by atoms with E-state index in [0.29, 0.717) is 18.7 Å². The monoisotopic (exact) mass is 271 g/mol.